The minimum Gasteiger partial charge on any atom is -0.384 e. The number of allylic oxidation sites excluding steroid dienone is 2. The van der Waals surface area contributed by atoms with Crippen LogP contribution in [0.25, 0.3) is 0 Å². The van der Waals surface area contributed by atoms with E-state index in [1.54, 1.807) is 7.11 Å². The number of methoxy groups -OCH3 is 1. The summed E-state index contributed by atoms with van der Waals surface area (Å²) in [4.78, 5) is 0. The first-order valence-electron chi connectivity index (χ1n) is 5.95. The molecule has 0 aliphatic carbocycles. The van der Waals surface area contributed by atoms with Crippen molar-refractivity contribution in [3.05, 3.63) is 12.2 Å². The van der Waals surface area contributed by atoms with Crippen LogP contribution in [-0.4, -0.2) is 13.7 Å². The van der Waals surface area contributed by atoms with Crippen LogP contribution < -0.4 is 0 Å². The molecule has 0 radical (unpaired) electrons. The highest BCUT2D eigenvalue weighted by Crippen LogP contribution is 2.14. The summed E-state index contributed by atoms with van der Waals surface area (Å²) in [6.07, 6.45) is 12.3. The van der Waals surface area contributed by atoms with Gasteiger partial charge < -0.3 is 4.74 Å². The molecule has 0 bridgehead atoms. The molecule has 0 N–H and O–H groups in total. The second-order valence-electron chi connectivity index (χ2n) is 3.94. The van der Waals surface area contributed by atoms with Crippen LogP contribution in [0.1, 0.15) is 52.4 Å². The monoisotopic (exact) mass is 198 g/mol. The Balaban J connectivity index is 3.23. The quantitative estimate of drug-likeness (QED) is 0.399. The van der Waals surface area contributed by atoms with Crippen LogP contribution in [0.15, 0.2) is 12.2 Å². The van der Waals surface area contributed by atoms with Crippen molar-refractivity contribution in [2.75, 3.05) is 13.7 Å². The molecule has 1 heteroatoms. The second-order valence-corrected chi connectivity index (χ2v) is 3.94. The molecule has 0 aliphatic heterocycles. The van der Waals surface area contributed by atoms with Gasteiger partial charge in [0.25, 0.3) is 0 Å². The van der Waals surface area contributed by atoms with E-state index in [-0.39, 0.29) is 0 Å². The Labute approximate surface area is 89.5 Å². The van der Waals surface area contributed by atoms with E-state index in [1.807, 2.05) is 0 Å². The summed E-state index contributed by atoms with van der Waals surface area (Å²) < 4.78 is 5.18. The molecule has 0 amide bonds. The predicted octanol–water partition coefficient (Wildman–Crippen LogP) is 4.19. The molecular formula is C13H26O. The van der Waals surface area contributed by atoms with Crippen molar-refractivity contribution in [3.63, 3.8) is 0 Å². The van der Waals surface area contributed by atoms with Gasteiger partial charge in [-0.1, -0.05) is 38.3 Å². The normalized spacial score (nSPS) is 13.6. The Morgan fingerprint density at radius 2 is 2.00 bits per heavy atom. The summed E-state index contributed by atoms with van der Waals surface area (Å²) in [5, 5.41) is 0. The van der Waals surface area contributed by atoms with Crippen molar-refractivity contribution in [2.24, 2.45) is 5.92 Å². The zero-order chi connectivity index (χ0) is 10.6. The zero-order valence-electron chi connectivity index (χ0n) is 10.1. The topological polar surface area (TPSA) is 9.23 Å². The van der Waals surface area contributed by atoms with E-state index in [0.717, 1.165) is 12.5 Å². The van der Waals surface area contributed by atoms with Gasteiger partial charge in [-0.2, -0.15) is 0 Å². The zero-order valence-corrected chi connectivity index (χ0v) is 10.1. The number of hydrogen-bond acceptors (Lipinski definition) is 1. The lowest BCUT2D eigenvalue weighted by molar-refractivity contribution is 0.144. The van der Waals surface area contributed by atoms with E-state index in [2.05, 4.69) is 26.0 Å². The average molecular weight is 198 g/mol. The van der Waals surface area contributed by atoms with Gasteiger partial charge in [0.1, 0.15) is 0 Å². The third-order valence-electron chi connectivity index (χ3n) is 2.70. The Morgan fingerprint density at radius 1 is 1.21 bits per heavy atom. The molecule has 0 fully saturated rings. The van der Waals surface area contributed by atoms with Crippen LogP contribution >= 0.6 is 0 Å². The van der Waals surface area contributed by atoms with Gasteiger partial charge in [-0.3, -0.25) is 0 Å². The largest absolute Gasteiger partial charge is 0.384 e. The Bertz CT molecular complexity index is 129. The van der Waals surface area contributed by atoms with E-state index >= 15 is 0 Å². The van der Waals surface area contributed by atoms with E-state index in [0.29, 0.717) is 0 Å². The molecule has 0 spiro atoms. The molecule has 0 saturated carbocycles. The van der Waals surface area contributed by atoms with Crippen molar-refractivity contribution in [3.8, 4) is 0 Å². The molecule has 14 heavy (non-hydrogen) atoms. The highest BCUT2D eigenvalue weighted by Gasteiger charge is 2.04. The highest BCUT2D eigenvalue weighted by atomic mass is 16.5. The molecule has 0 aliphatic rings. The molecule has 0 aromatic rings. The van der Waals surface area contributed by atoms with Crippen LogP contribution in [0.4, 0.5) is 0 Å². The molecule has 1 atom stereocenters. The maximum Gasteiger partial charge on any atom is 0.0490 e. The molecule has 1 unspecified atom stereocenters. The highest BCUT2D eigenvalue weighted by molar-refractivity contribution is 4.76. The summed E-state index contributed by atoms with van der Waals surface area (Å²) in [5.74, 6) is 0.779. The van der Waals surface area contributed by atoms with Crippen LogP contribution in [-0.2, 0) is 4.74 Å². The second kappa shape index (κ2) is 10.8. The van der Waals surface area contributed by atoms with Crippen molar-refractivity contribution in [1.29, 1.82) is 0 Å². The summed E-state index contributed by atoms with van der Waals surface area (Å²) in [6.45, 7) is 5.28. The lowest BCUT2D eigenvalue weighted by atomic mass is 9.99. The number of ether oxygens (including phenoxy) is 1. The molecule has 1 nitrogen and oxygen atoms in total. The Morgan fingerprint density at radius 3 is 2.57 bits per heavy atom. The minimum atomic E-state index is 0.779. The number of hydrogen-bond donors (Lipinski definition) is 0. The number of unbranched alkanes of at least 4 members (excludes halogenated alkanes) is 3. The predicted molar refractivity (Wildman–Crippen MR) is 63.6 cm³/mol. The summed E-state index contributed by atoms with van der Waals surface area (Å²) in [5.41, 5.74) is 0. The van der Waals surface area contributed by atoms with Crippen molar-refractivity contribution in [2.45, 2.75) is 52.4 Å². The molecular weight excluding hydrogens is 172 g/mol. The fourth-order valence-corrected chi connectivity index (χ4v) is 1.68. The average Bonchev–Trinajstić information content (AvgIpc) is 2.21. The third-order valence-corrected chi connectivity index (χ3v) is 2.70. The standard InChI is InChI=1S/C13H26O/c1-4-6-7-8-9-10-11-13(5-2)12-14-3/h4,6,13H,5,7-12H2,1-3H3. The van der Waals surface area contributed by atoms with Gasteiger partial charge >= 0.3 is 0 Å². The van der Waals surface area contributed by atoms with E-state index in [9.17, 15) is 0 Å². The van der Waals surface area contributed by atoms with Crippen molar-refractivity contribution < 1.29 is 4.74 Å². The Hall–Kier alpha value is -0.300. The summed E-state index contributed by atoms with van der Waals surface area (Å²) in [6, 6.07) is 0. The lowest BCUT2D eigenvalue weighted by Crippen LogP contribution is -2.06. The molecule has 0 aromatic carbocycles. The SMILES string of the molecule is CC=CCCCCCC(CC)COC. The number of rotatable bonds is 9. The maximum atomic E-state index is 5.18. The van der Waals surface area contributed by atoms with Gasteiger partial charge in [-0.15, -0.1) is 0 Å². The van der Waals surface area contributed by atoms with E-state index < -0.39 is 0 Å². The van der Waals surface area contributed by atoms with E-state index in [1.165, 1.54) is 38.5 Å². The van der Waals surface area contributed by atoms with Crippen LogP contribution in [0.3, 0.4) is 0 Å². The molecule has 0 heterocycles. The van der Waals surface area contributed by atoms with Gasteiger partial charge in [0.05, 0.1) is 0 Å². The third kappa shape index (κ3) is 8.31. The van der Waals surface area contributed by atoms with Gasteiger partial charge in [-0.05, 0) is 32.1 Å². The minimum absolute atomic E-state index is 0.779. The van der Waals surface area contributed by atoms with Crippen LogP contribution in [0.2, 0.25) is 0 Å². The molecule has 84 valence electrons. The molecule has 0 saturated heterocycles. The Kier molecular flexibility index (Phi) is 10.5. The van der Waals surface area contributed by atoms with E-state index in [4.69, 9.17) is 4.74 Å². The van der Waals surface area contributed by atoms with Crippen LogP contribution in [0.5, 0.6) is 0 Å². The molecule has 0 rings (SSSR count). The van der Waals surface area contributed by atoms with Crippen molar-refractivity contribution in [1.82, 2.24) is 0 Å². The van der Waals surface area contributed by atoms with Crippen molar-refractivity contribution >= 4 is 0 Å². The molecule has 0 aromatic heterocycles. The maximum absolute atomic E-state index is 5.18. The fourth-order valence-electron chi connectivity index (χ4n) is 1.68. The summed E-state index contributed by atoms with van der Waals surface area (Å²) in [7, 11) is 1.80. The smallest absolute Gasteiger partial charge is 0.0490 e. The first-order chi connectivity index (χ1) is 6.85. The fraction of sp³-hybridized carbons (Fsp3) is 0.846. The summed E-state index contributed by atoms with van der Waals surface area (Å²) >= 11 is 0. The van der Waals surface area contributed by atoms with Gasteiger partial charge in [-0.25, -0.2) is 0 Å². The first kappa shape index (κ1) is 13.7. The van der Waals surface area contributed by atoms with Crippen LogP contribution in [0, 0.1) is 5.92 Å². The van der Waals surface area contributed by atoms with Gasteiger partial charge in [0.15, 0.2) is 0 Å². The first-order valence-corrected chi connectivity index (χ1v) is 5.95. The lowest BCUT2D eigenvalue weighted by Gasteiger charge is -2.12. The van der Waals surface area contributed by atoms with Gasteiger partial charge in [0.2, 0.25) is 0 Å². The van der Waals surface area contributed by atoms with Gasteiger partial charge in [0, 0.05) is 13.7 Å².